The summed E-state index contributed by atoms with van der Waals surface area (Å²) < 4.78 is 0. The Morgan fingerprint density at radius 3 is 2.21 bits per heavy atom. The van der Waals surface area contributed by atoms with Gasteiger partial charge in [-0.3, -0.25) is 0 Å². The SMILES string of the molecule is NCC(NC1CCCCC1CO)C1CCCCCC1. The van der Waals surface area contributed by atoms with Crippen molar-refractivity contribution >= 4 is 0 Å². The molecular formula is C16H32N2O. The fraction of sp³-hybridized carbons (Fsp3) is 1.00. The molecule has 3 heteroatoms. The van der Waals surface area contributed by atoms with Gasteiger partial charge < -0.3 is 16.2 Å². The second kappa shape index (κ2) is 8.23. The van der Waals surface area contributed by atoms with Gasteiger partial charge in [-0.25, -0.2) is 0 Å². The van der Waals surface area contributed by atoms with Crippen molar-refractivity contribution in [1.29, 1.82) is 0 Å². The van der Waals surface area contributed by atoms with Crippen LogP contribution in [-0.4, -0.2) is 30.3 Å². The van der Waals surface area contributed by atoms with Gasteiger partial charge in [-0.1, -0.05) is 38.5 Å². The van der Waals surface area contributed by atoms with Gasteiger partial charge in [0.15, 0.2) is 0 Å². The van der Waals surface area contributed by atoms with Crippen LogP contribution in [0.5, 0.6) is 0 Å². The van der Waals surface area contributed by atoms with Crippen molar-refractivity contribution in [2.75, 3.05) is 13.2 Å². The molecule has 2 aliphatic carbocycles. The molecule has 0 aliphatic heterocycles. The molecule has 0 spiro atoms. The van der Waals surface area contributed by atoms with E-state index < -0.39 is 0 Å². The molecule has 0 aromatic rings. The molecule has 19 heavy (non-hydrogen) atoms. The van der Waals surface area contributed by atoms with Gasteiger partial charge in [0, 0.05) is 25.2 Å². The van der Waals surface area contributed by atoms with E-state index in [1.165, 1.54) is 64.2 Å². The first-order chi connectivity index (χ1) is 9.35. The van der Waals surface area contributed by atoms with Gasteiger partial charge in [0.05, 0.1) is 0 Å². The summed E-state index contributed by atoms with van der Waals surface area (Å²) in [5, 5.41) is 13.4. The number of rotatable bonds is 5. The van der Waals surface area contributed by atoms with Crippen molar-refractivity contribution in [1.82, 2.24) is 5.32 Å². The Labute approximate surface area is 118 Å². The van der Waals surface area contributed by atoms with Gasteiger partial charge in [-0.15, -0.1) is 0 Å². The van der Waals surface area contributed by atoms with Crippen LogP contribution in [0.25, 0.3) is 0 Å². The van der Waals surface area contributed by atoms with Gasteiger partial charge in [-0.05, 0) is 37.5 Å². The van der Waals surface area contributed by atoms with Crippen molar-refractivity contribution in [2.45, 2.75) is 76.3 Å². The Hall–Kier alpha value is -0.120. The Bertz CT molecular complexity index is 239. The summed E-state index contributed by atoms with van der Waals surface area (Å²) in [7, 11) is 0. The lowest BCUT2D eigenvalue weighted by molar-refractivity contribution is 0.136. The van der Waals surface area contributed by atoms with Gasteiger partial charge >= 0.3 is 0 Å². The van der Waals surface area contributed by atoms with E-state index in [9.17, 15) is 5.11 Å². The van der Waals surface area contributed by atoms with Crippen LogP contribution in [0.4, 0.5) is 0 Å². The summed E-state index contributed by atoms with van der Waals surface area (Å²) in [6.07, 6.45) is 13.2. The molecule has 4 N–H and O–H groups in total. The first-order valence-electron chi connectivity index (χ1n) is 8.42. The van der Waals surface area contributed by atoms with Gasteiger partial charge in [0.25, 0.3) is 0 Å². The molecule has 0 aromatic carbocycles. The number of aliphatic hydroxyl groups excluding tert-OH is 1. The lowest BCUT2D eigenvalue weighted by Crippen LogP contribution is -2.51. The third-order valence-corrected chi connectivity index (χ3v) is 5.29. The topological polar surface area (TPSA) is 58.3 Å². The van der Waals surface area contributed by atoms with Crippen molar-refractivity contribution < 1.29 is 5.11 Å². The number of nitrogens with one attached hydrogen (secondary N) is 1. The zero-order valence-corrected chi connectivity index (χ0v) is 12.3. The maximum absolute atomic E-state index is 9.53. The summed E-state index contributed by atoms with van der Waals surface area (Å²) in [5.74, 6) is 1.21. The molecule has 3 atom stereocenters. The number of hydrogen-bond donors (Lipinski definition) is 3. The molecule has 3 nitrogen and oxygen atoms in total. The highest BCUT2D eigenvalue weighted by molar-refractivity contribution is 4.87. The maximum atomic E-state index is 9.53. The fourth-order valence-corrected chi connectivity index (χ4v) is 4.03. The molecule has 0 aromatic heterocycles. The highest BCUT2D eigenvalue weighted by Gasteiger charge is 2.29. The smallest absolute Gasteiger partial charge is 0.0474 e. The number of aliphatic hydroxyl groups is 1. The summed E-state index contributed by atoms with van der Waals surface area (Å²) in [4.78, 5) is 0. The van der Waals surface area contributed by atoms with Crippen molar-refractivity contribution in [3.05, 3.63) is 0 Å². The monoisotopic (exact) mass is 268 g/mol. The van der Waals surface area contributed by atoms with Gasteiger partial charge in [-0.2, -0.15) is 0 Å². The molecule has 2 rings (SSSR count). The molecule has 2 aliphatic rings. The Morgan fingerprint density at radius 2 is 1.58 bits per heavy atom. The average molecular weight is 268 g/mol. The normalized spacial score (nSPS) is 31.9. The van der Waals surface area contributed by atoms with Crippen molar-refractivity contribution in [3.8, 4) is 0 Å². The molecule has 112 valence electrons. The van der Waals surface area contributed by atoms with Crippen molar-refractivity contribution in [2.24, 2.45) is 17.6 Å². The third-order valence-electron chi connectivity index (χ3n) is 5.29. The lowest BCUT2D eigenvalue weighted by Gasteiger charge is -2.36. The molecule has 2 fully saturated rings. The van der Waals surface area contributed by atoms with Gasteiger partial charge in [0.1, 0.15) is 0 Å². The van der Waals surface area contributed by atoms with E-state index in [1.807, 2.05) is 0 Å². The van der Waals surface area contributed by atoms with E-state index >= 15 is 0 Å². The number of hydrogen-bond acceptors (Lipinski definition) is 3. The van der Waals surface area contributed by atoms with E-state index in [0.717, 1.165) is 12.5 Å². The molecule has 0 saturated heterocycles. The summed E-state index contributed by atoms with van der Waals surface area (Å²) in [6.45, 7) is 1.08. The predicted molar refractivity (Wildman–Crippen MR) is 80.0 cm³/mol. The largest absolute Gasteiger partial charge is 0.396 e. The van der Waals surface area contributed by atoms with Crippen LogP contribution in [0.3, 0.4) is 0 Å². The molecular weight excluding hydrogens is 236 g/mol. The van der Waals surface area contributed by atoms with Crippen LogP contribution >= 0.6 is 0 Å². The first kappa shape index (κ1) is 15.3. The molecule has 0 amide bonds. The third kappa shape index (κ3) is 4.44. The quantitative estimate of drug-likeness (QED) is 0.671. The summed E-state index contributed by atoms with van der Waals surface area (Å²) in [6, 6.07) is 0.964. The highest BCUT2D eigenvalue weighted by Crippen LogP contribution is 2.28. The van der Waals surface area contributed by atoms with Crippen LogP contribution < -0.4 is 11.1 Å². The first-order valence-corrected chi connectivity index (χ1v) is 8.42. The summed E-state index contributed by atoms with van der Waals surface area (Å²) in [5.41, 5.74) is 6.03. The highest BCUT2D eigenvalue weighted by atomic mass is 16.3. The standard InChI is InChI=1S/C16H32N2O/c17-11-16(13-7-3-1-2-4-8-13)18-15-10-6-5-9-14(15)12-19/h13-16,18-19H,1-12,17H2. The second-order valence-corrected chi connectivity index (χ2v) is 6.59. The minimum absolute atomic E-state index is 0.333. The van der Waals surface area contributed by atoms with Crippen LogP contribution in [0.1, 0.15) is 64.2 Å². The van der Waals surface area contributed by atoms with E-state index in [4.69, 9.17) is 5.73 Å². The number of nitrogens with two attached hydrogens (primary N) is 1. The molecule has 0 bridgehead atoms. The Morgan fingerprint density at radius 1 is 0.947 bits per heavy atom. The second-order valence-electron chi connectivity index (χ2n) is 6.59. The van der Waals surface area contributed by atoms with Crippen LogP contribution in [0, 0.1) is 11.8 Å². The molecule has 0 radical (unpaired) electrons. The minimum atomic E-state index is 0.333. The van der Waals surface area contributed by atoms with E-state index in [-0.39, 0.29) is 0 Å². The van der Waals surface area contributed by atoms with E-state index in [2.05, 4.69) is 5.32 Å². The molecule has 0 heterocycles. The van der Waals surface area contributed by atoms with Crippen LogP contribution in [0.2, 0.25) is 0 Å². The Balaban J connectivity index is 1.89. The van der Waals surface area contributed by atoms with Gasteiger partial charge in [0.2, 0.25) is 0 Å². The lowest BCUT2D eigenvalue weighted by atomic mass is 9.83. The fourth-order valence-electron chi connectivity index (χ4n) is 4.03. The zero-order valence-electron chi connectivity index (χ0n) is 12.3. The maximum Gasteiger partial charge on any atom is 0.0474 e. The van der Waals surface area contributed by atoms with Crippen LogP contribution in [-0.2, 0) is 0 Å². The predicted octanol–water partition coefficient (Wildman–Crippen LogP) is 2.42. The molecule has 2 saturated carbocycles. The minimum Gasteiger partial charge on any atom is -0.396 e. The molecule has 3 unspecified atom stereocenters. The van der Waals surface area contributed by atoms with E-state index in [0.29, 0.717) is 24.6 Å². The van der Waals surface area contributed by atoms with E-state index in [1.54, 1.807) is 0 Å². The van der Waals surface area contributed by atoms with Crippen LogP contribution in [0.15, 0.2) is 0 Å². The van der Waals surface area contributed by atoms with Crippen molar-refractivity contribution in [3.63, 3.8) is 0 Å². The Kier molecular flexibility index (Phi) is 6.62. The average Bonchev–Trinajstić information content (AvgIpc) is 2.74. The summed E-state index contributed by atoms with van der Waals surface area (Å²) >= 11 is 0. The zero-order chi connectivity index (χ0) is 13.5.